The topological polar surface area (TPSA) is 115 Å². The Morgan fingerprint density at radius 1 is 1.00 bits per heavy atom. The summed E-state index contributed by atoms with van der Waals surface area (Å²) in [5.74, 6) is 1.76. The summed E-state index contributed by atoms with van der Waals surface area (Å²) in [4.78, 5) is 0. The lowest BCUT2D eigenvalue weighted by Crippen LogP contribution is -2.21. The molecule has 0 saturated heterocycles. The van der Waals surface area contributed by atoms with Crippen molar-refractivity contribution < 1.29 is 18.9 Å². The largest absolute Gasteiger partial charge is 0.497 e. The molecule has 0 amide bonds. The van der Waals surface area contributed by atoms with Crippen LogP contribution in [0.4, 0.5) is 0 Å². The molecule has 1 aliphatic heterocycles. The maximum absolute atomic E-state index is 9.86. The summed E-state index contributed by atoms with van der Waals surface area (Å²) in [5.41, 5.74) is 9.41. The van der Waals surface area contributed by atoms with Crippen molar-refractivity contribution in [1.82, 2.24) is 10.2 Å². The van der Waals surface area contributed by atoms with Crippen LogP contribution in [0.1, 0.15) is 17.0 Å². The molecule has 0 radical (unpaired) electrons. The summed E-state index contributed by atoms with van der Waals surface area (Å²) in [5, 5.41) is 17.2. The first-order valence-electron chi connectivity index (χ1n) is 9.12. The molecule has 2 heterocycles. The van der Waals surface area contributed by atoms with E-state index in [1.807, 2.05) is 36.4 Å². The van der Waals surface area contributed by atoms with Crippen LogP contribution in [0.2, 0.25) is 0 Å². The van der Waals surface area contributed by atoms with Crippen molar-refractivity contribution in [3.05, 3.63) is 65.0 Å². The Morgan fingerprint density at radius 2 is 1.63 bits per heavy atom. The number of nitrogens with one attached hydrogen (secondary N) is 1. The molecule has 1 aliphatic rings. The van der Waals surface area contributed by atoms with Gasteiger partial charge < -0.3 is 24.7 Å². The lowest BCUT2D eigenvalue weighted by atomic mass is 9.83. The molecule has 3 N–H and O–H groups in total. The lowest BCUT2D eigenvalue weighted by Gasteiger charge is -2.24. The maximum atomic E-state index is 9.86. The summed E-state index contributed by atoms with van der Waals surface area (Å²) >= 11 is 0. The summed E-state index contributed by atoms with van der Waals surface area (Å²) in [6.45, 7) is 0. The number of methoxy groups -OCH3 is 3. The number of aromatic amines is 1. The Bertz CT molecular complexity index is 1140. The molecular weight excluding hydrogens is 384 g/mol. The quantitative estimate of drug-likeness (QED) is 0.670. The van der Waals surface area contributed by atoms with Gasteiger partial charge in [-0.3, -0.25) is 5.10 Å². The van der Waals surface area contributed by atoms with Crippen LogP contribution in [0.15, 0.2) is 53.9 Å². The van der Waals surface area contributed by atoms with Crippen molar-refractivity contribution in [2.45, 2.75) is 5.92 Å². The van der Waals surface area contributed by atoms with E-state index in [0.29, 0.717) is 22.9 Å². The molecule has 0 saturated carbocycles. The first kappa shape index (κ1) is 19.2. The van der Waals surface area contributed by atoms with Crippen LogP contribution in [0.3, 0.4) is 0 Å². The molecule has 2 aromatic carbocycles. The molecule has 30 heavy (non-hydrogen) atoms. The van der Waals surface area contributed by atoms with Gasteiger partial charge in [-0.2, -0.15) is 5.26 Å². The molecule has 0 unspecified atom stereocenters. The van der Waals surface area contributed by atoms with E-state index >= 15 is 0 Å². The van der Waals surface area contributed by atoms with Crippen molar-refractivity contribution in [2.75, 3.05) is 21.3 Å². The molecule has 0 aliphatic carbocycles. The third kappa shape index (κ3) is 3.16. The SMILES string of the molecule is COc1ccc(-c2[nH]nc3c2[C@@H](c2cc(OC)cc(OC)c2)C(C#N)=C(N)O3)cc1. The Morgan fingerprint density at radius 3 is 2.20 bits per heavy atom. The fourth-order valence-corrected chi connectivity index (χ4v) is 3.55. The number of hydrogen-bond donors (Lipinski definition) is 2. The van der Waals surface area contributed by atoms with Gasteiger partial charge in [-0.25, -0.2) is 0 Å². The molecule has 1 atom stereocenters. The summed E-state index contributed by atoms with van der Waals surface area (Å²) < 4.78 is 21.7. The van der Waals surface area contributed by atoms with Gasteiger partial charge in [0.1, 0.15) is 28.9 Å². The minimum absolute atomic E-state index is 0.0181. The van der Waals surface area contributed by atoms with E-state index in [1.54, 1.807) is 27.4 Å². The second-order valence-corrected chi connectivity index (χ2v) is 6.62. The van der Waals surface area contributed by atoms with Crippen molar-refractivity contribution in [3.63, 3.8) is 0 Å². The molecule has 3 aromatic rings. The highest BCUT2D eigenvalue weighted by atomic mass is 16.5. The first-order chi connectivity index (χ1) is 14.6. The number of aromatic nitrogens is 2. The molecular formula is C22H20N4O4. The van der Waals surface area contributed by atoms with Gasteiger partial charge in [-0.05, 0) is 42.0 Å². The maximum Gasteiger partial charge on any atom is 0.244 e. The Labute approximate surface area is 173 Å². The van der Waals surface area contributed by atoms with Gasteiger partial charge in [-0.15, -0.1) is 5.10 Å². The van der Waals surface area contributed by atoms with E-state index < -0.39 is 5.92 Å². The van der Waals surface area contributed by atoms with Gasteiger partial charge in [-0.1, -0.05) is 0 Å². The van der Waals surface area contributed by atoms with E-state index in [4.69, 9.17) is 24.7 Å². The Kier molecular flexibility index (Phi) is 4.94. The molecule has 8 heteroatoms. The third-order valence-electron chi connectivity index (χ3n) is 5.02. The Balaban J connectivity index is 1.93. The number of nitriles is 1. The molecule has 0 fully saturated rings. The van der Waals surface area contributed by atoms with Crippen molar-refractivity contribution in [2.24, 2.45) is 5.73 Å². The van der Waals surface area contributed by atoms with E-state index in [9.17, 15) is 5.26 Å². The number of rotatable bonds is 5. The van der Waals surface area contributed by atoms with Gasteiger partial charge in [0, 0.05) is 11.6 Å². The highest BCUT2D eigenvalue weighted by Crippen LogP contribution is 2.47. The number of allylic oxidation sites excluding steroid dienone is 1. The fourth-order valence-electron chi connectivity index (χ4n) is 3.55. The molecule has 0 bridgehead atoms. The number of fused-ring (bicyclic) bond motifs is 1. The second-order valence-electron chi connectivity index (χ2n) is 6.62. The molecule has 8 nitrogen and oxygen atoms in total. The summed E-state index contributed by atoms with van der Waals surface area (Å²) in [6.07, 6.45) is 0. The van der Waals surface area contributed by atoms with Crippen LogP contribution in [-0.4, -0.2) is 31.5 Å². The third-order valence-corrected chi connectivity index (χ3v) is 5.02. The number of hydrogen-bond acceptors (Lipinski definition) is 7. The van der Waals surface area contributed by atoms with E-state index in [0.717, 1.165) is 22.6 Å². The second kappa shape index (κ2) is 7.72. The van der Waals surface area contributed by atoms with Crippen molar-refractivity contribution in [3.8, 4) is 40.5 Å². The molecule has 4 rings (SSSR count). The zero-order chi connectivity index (χ0) is 21.3. The number of H-pyrrole nitrogens is 1. The summed E-state index contributed by atoms with van der Waals surface area (Å²) in [7, 11) is 4.76. The smallest absolute Gasteiger partial charge is 0.244 e. The van der Waals surface area contributed by atoms with E-state index in [1.165, 1.54) is 0 Å². The lowest BCUT2D eigenvalue weighted by molar-refractivity contribution is 0.377. The molecule has 1 aromatic heterocycles. The number of ether oxygens (including phenoxy) is 4. The average molecular weight is 404 g/mol. The van der Waals surface area contributed by atoms with Crippen LogP contribution in [0.25, 0.3) is 11.3 Å². The standard InChI is InChI=1S/C22H20N4O4/c1-27-14-6-4-12(5-7-14)20-19-18(13-8-15(28-2)10-16(9-13)29-3)17(11-23)21(24)30-22(19)26-25-20/h4-10,18H,24H2,1-3H3,(H,25,26)/t18-/m0/s1. The average Bonchev–Trinajstić information content (AvgIpc) is 3.20. The van der Waals surface area contributed by atoms with Crippen LogP contribution in [0.5, 0.6) is 23.1 Å². The number of nitrogens with two attached hydrogens (primary N) is 1. The zero-order valence-corrected chi connectivity index (χ0v) is 16.7. The van der Waals surface area contributed by atoms with Gasteiger partial charge in [0.25, 0.3) is 0 Å². The van der Waals surface area contributed by atoms with Gasteiger partial charge in [0.05, 0.1) is 38.5 Å². The molecule has 152 valence electrons. The fraction of sp³-hybridized carbons (Fsp3) is 0.182. The predicted octanol–water partition coefficient (Wildman–Crippen LogP) is 3.32. The van der Waals surface area contributed by atoms with Gasteiger partial charge in [0.15, 0.2) is 0 Å². The predicted molar refractivity (Wildman–Crippen MR) is 109 cm³/mol. The molecule has 0 spiro atoms. The normalized spacial score (nSPS) is 15.1. The highest BCUT2D eigenvalue weighted by Gasteiger charge is 2.36. The van der Waals surface area contributed by atoms with Crippen molar-refractivity contribution >= 4 is 0 Å². The number of benzene rings is 2. The minimum Gasteiger partial charge on any atom is -0.497 e. The Hall–Kier alpha value is -4.12. The first-order valence-corrected chi connectivity index (χ1v) is 9.12. The van der Waals surface area contributed by atoms with E-state index in [2.05, 4.69) is 16.3 Å². The summed E-state index contributed by atoms with van der Waals surface area (Å²) in [6, 6.07) is 15.2. The zero-order valence-electron chi connectivity index (χ0n) is 16.7. The number of nitrogens with zero attached hydrogens (tertiary/aromatic N) is 2. The van der Waals surface area contributed by atoms with E-state index in [-0.39, 0.29) is 11.5 Å². The van der Waals surface area contributed by atoms with Gasteiger partial charge >= 0.3 is 0 Å². The van der Waals surface area contributed by atoms with Crippen LogP contribution >= 0.6 is 0 Å². The minimum atomic E-state index is -0.515. The van der Waals surface area contributed by atoms with Crippen molar-refractivity contribution in [1.29, 1.82) is 5.26 Å². The van der Waals surface area contributed by atoms with Crippen LogP contribution in [-0.2, 0) is 0 Å². The van der Waals surface area contributed by atoms with Crippen LogP contribution < -0.4 is 24.7 Å². The monoisotopic (exact) mass is 404 g/mol. The highest BCUT2D eigenvalue weighted by molar-refractivity contribution is 5.71. The van der Waals surface area contributed by atoms with Gasteiger partial charge in [0.2, 0.25) is 11.8 Å². The van der Waals surface area contributed by atoms with Crippen LogP contribution in [0, 0.1) is 11.3 Å².